The summed E-state index contributed by atoms with van der Waals surface area (Å²) >= 11 is 0. The van der Waals surface area contributed by atoms with Crippen molar-refractivity contribution in [3.8, 4) is 0 Å². The molecule has 1 saturated heterocycles. The summed E-state index contributed by atoms with van der Waals surface area (Å²) in [5.41, 5.74) is -3.32. The van der Waals surface area contributed by atoms with E-state index in [2.05, 4.69) is 12.2 Å². The predicted octanol–water partition coefficient (Wildman–Crippen LogP) is 1.81. The molecule has 2 aliphatic rings. The molecule has 5 rings (SSSR count). The molecule has 0 spiro atoms. The molecular formula is C29H37N5O7S. The highest BCUT2D eigenvalue weighted by Crippen LogP contribution is 2.42. The number of aliphatic hydroxyl groups is 1. The van der Waals surface area contributed by atoms with Crippen LogP contribution in [0.1, 0.15) is 43.7 Å². The van der Waals surface area contributed by atoms with Crippen molar-refractivity contribution in [2.45, 2.75) is 81.8 Å². The van der Waals surface area contributed by atoms with E-state index in [1.807, 2.05) is 37.3 Å². The number of benzene rings is 2. The lowest BCUT2D eigenvalue weighted by Crippen LogP contribution is -2.66. The van der Waals surface area contributed by atoms with Crippen LogP contribution in [0.15, 0.2) is 69.1 Å². The maximum atomic E-state index is 13.7. The Morgan fingerprint density at radius 1 is 0.929 bits per heavy atom. The zero-order valence-corrected chi connectivity index (χ0v) is 24.7. The second-order valence-electron chi connectivity index (χ2n) is 11.2. The summed E-state index contributed by atoms with van der Waals surface area (Å²) < 4.78 is 37.7. The number of nitrogens with zero attached hydrogens (tertiary/aromatic N) is 4. The maximum absolute atomic E-state index is 13.7. The van der Waals surface area contributed by atoms with Gasteiger partial charge in [0.1, 0.15) is 5.60 Å². The van der Waals surface area contributed by atoms with Gasteiger partial charge in [-0.25, -0.2) is 36.7 Å². The topological polar surface area (TPSA) is 145 Å². The van der Waals surface area contributed by atoms with Gasteiger partial charge < -0.3 is 15.2 Å². The van der Waals surface area contributed by atoms with Crippen LogP contribution < -0.4 is 16.7 Å². The Hall–Kier alpha value is -3.68. The van der Waals surface area contributed by atoms with Gasteiger partial charge in [0.25, 0.3) is 0 Å². The third kappa shape index (κ3) is 5.43. The van der Waals surface area contributed by atoms with E-state index in [0.29, 0.717) is 6.42 Å². The van der Waals surface area contributed by atoms with Gasteiger partial charge in [0.15, 0.2) is 5.60 Å². The summed E-state index contributed by atoms with van der Waals surface area (Å²) in [4.78, 5) is 39.8. The van der Waals surface area contributed by atoms with E-state index >= 15 is 0 Å². The first-order chi connectivity index (χ1) is 20.0. The van der Waals surface area contributed by atoms with Crippen molar-refractivity contribution in [3.05, 3.63) is 86.7 Å². The van der Waals surface area contributed by atoms with E-state index in [-0.39, 0.29) is 18.0 Å². The number of β-amino-alcohol motifs (C(OH)–C–C–N with tert-alkyl or cyclic N) is 1. The SMILES string of the molecule is CCCCCCn1c(=O)n2n(c1=O)C[C@]1(OC(=O)NCc3ccccc3)CN(S(=O)(=O)c3ccc(C)cc3)C[C@]1(O)C2. The van der Waals surface area contributed by atoms with Gasteiger partial charge in [0, 0.05) is 19.6 Å². The summed E-state index contributed by atoms with van der Waals surface area (Å²) in [7, 11) is -4.12. The van der Waals surface area contributed by atoms with Gasteiger partial charge in [0.05, 0.1) is 24.5 Å². The van der Waals surface area contributed by atoms with Crippen molar-refractivity contribution >= 4 is 16.1 Å². The lowest BCUT2D eigenvalue weighted by atomic mass is 9.84. The number of carbonyl (C=O) groups is 1. The average molecular weight is 600 g/mol. The largest absolute Gasteiger partial charge is 0.436 e. The molecule has 226 valence electrons. The molecule has 0 radical (unpaired) electrons. The van der Waals surface area contributed by atoms with Crippen LogP contribution in [0.4, 0.5) is 4.79 Å². The van der Waals surface area contributed by atoms with E-state index in [4.69, 9.17) is 4.74 Å². The lowest BCUT2D eigenvalue weighted by molar-refractivity contribution is -0.159. The molecule has 1 aromatic heterocycles. The highest BCUT2D eigenvalue weighted by Gasteiger charge is 2.65. The van der Waals surface area contributed by atoms with Crippen LogP contribution in [-0.4, -0.2) is 62.1 Å². The van der Waals surface area contributed by atoms with Gasteiger partial charge >= 0.3 is 17.5 Å². The molecule has 3 aromatic rings. The first-order valence-electron chi connectivity index (χ1n) is 14.2. The summed E-state index contributed by atoms with van der Waals surface area (Å²) in [5.74, 6) is 0. The van der Waals surface area contributed by atoms with Crippen LogP contribution in [0.5, 0.6) is 0 Å². The summed E-state index contributed by atoms with van der Waals surface area (Å²) in [6.45, 7) is 2.62. The van der Waals surface area contributed by atoms with Crippen molar-refractivity contribution < 1.29 is 23.1 Å². The third-order valence-electron chi connectivity index (χ3n) is 8.19. The Morgan fingerprint density at radius 2 is 1.60 bits per heavy atom. The van der Waals surface area contributed by atoms with E-state index in [9.17, 15) is 27.9 Å². The number of unbranched alkanes of at least 4 members (excludes halogenated alkanes) is 3. The summed E-state index contributed by atoms with van der Waals surface area (Å²) in [6, 6.07) is 15.4. The average Bonchev–Trinajstić information content (AvgIpc) is 3.38. The second-order valence-corrected chi connectivity index (χ2v) is 13.2. The minimum absolute atomic E-state index is 0.0187. The lowest BCUT2D eigenvalue weighted by Gasteiger charge is -2.43. The van der Waals surface area contributed by atoms with Crippen LogP contribution in [-0.2, 0) is 40.9 Å². The molecule has 2 atom stereocenters. The van der Waals surface area contributed by atoms with E-state index in [0.717, 1.165) is 48.6 Å². The number of nitrogens with one attached hydrogen (secondary N) is 1. The number of carbonyl (C=O) groups excluding carboxylic acids is 1. The normalized spacial score (nSPS) is 22.0. The zero-order chi connectivity index (χ0) is 30.1. The van der Waals surface area contributed by atoms with Gasteiger partial charge in [-0.05, 0) is 31.0 Å². The highest BCUT2D eigenvalue weighted by molar-refractivity contribution is 7.89. The fourth-order valence-electron chi connectivity index (χ4n) is 5.74. The van der Waals surface area contributed by atoms with Gasteiger partial charge in [-0.1, -0.05) is 74.2 Å². The smallest absolute Gasteiger partial charge is 0.408 e. The molecule has 0 aliphatic carbocycles. The molecule has 12 nitrogen and oxygen atoms in total. The second kappa shape index (κ2) is 11.5. The Kier molecular flexibility index (Phi) is 8.19. The Bertz CT molecular complexity index is 1660. The van der Waals surface area contributed by atoms with Crippen molar-refractivity contribution in [2.24, 2.45) is 0 Å². The highest BCUT2D eigenvalue weighted by atomic mass is 32.2. The fraction of sp³-hybridized carbons (Fsp3) is 0.483. The minimum Gasteiger partial charge on any atom is -0.436 e. The number of sulfonamides is 1. The Balaban J connectivity index is 1.48. The molecule has 2 N–H and O–H groups in total. The summed E-state index contributed by atoms with van der Waals surface area (Å²) in [6.07, 6.45) is 2.60. The number of alkyl carbamates (subject to hydrolysis) is 1. The standard InChI is InChI=1S/C29H37N5O7S/c1-3-4-5-9-16-32-26(36)33-19-28(38)18-31(42(39,40)24-14-12-22(2)13-15-24)20-29(28,21-34(33)27(32)37)41-25(35)30-17-23-10-7-6-8-11-23/h6-8,10-15,38H,3-5,9,16-21H2,1-2H3,(H,30,35)/t28-,29+/m0/s1. The number of hydrogen-bond acceptors (Lipinski definition) is 7. The maximum Gasteiger partial charge on any atom is 0.408 e. The Morgan fingerprint density at radius 3 is 2.26 bits per heavy atom. The Labute approximate surface area is 244 Å². The van der Waals surface area contributed by atoms with E-state index in [1.165, 1.54) is 12.1 Å². The number of ether oxygens (including phenoxy) is 1. The molecular weight excluding hydrogens is 562 g/mol. The monoisotopic (exact) mass is 599 g/mol. The first kappa shape index (κ1) is 29.8. The van der Waals surface area contributed by atoms with Gasteiger partial charge in [0.2, 0.25) is 10.0 Å². The quantitative estimate of drug-likeness (QED) is 0.338. The minimum atomic E-state index is -4.12. The molecule has 13 heteroatoms. The van der Waals surface area contributed by atoms with E-state index in [1.54, 1.807) is 12.1 Å². The first-order valence-corrected chi connectivity index (χ1v) is 15.6. The number of amides is 1. The molecule has 1 fully saturated rings. The molecule has 42 heavy (non-hydrogen) atoms. The molecule has 3 heterocycles. The van der Waals surface area contributed by atoms with Crippen LogP contribution >= 0.6 is 0 Å². The van der Waals surface area contributed by atoms with Gasteiger partial charge in [-0.2, -0.15) is 4.31 Å². The number of rotatable bonds is 10. The van der Waals surface area contributed by atoms with Crippen LogP contribution in [0.2, 0.25) is 0 Å². The van der Waals surface area contributed by atoms with Gasteiger partial charge in [-0.15, -0.1) is 0 Å². The number of fused-ring (bicyclic) bond motifs is 2. The van der Waals surface area contributed by atoms with Crippen LogP contribution in [0.25, 0.3) is 0 Å². The molecule has 2 aromatic carbocycles. The van der Waals surface area contributed by atoms with Crippen LogP contribution in [0.3, 0.4) is 0 Å². The molecule has 0 unspecified atom stereocenters. The van der Waals surface area contributed by atoms with Crippen molar-refractivity contribution in [2.75, 3.05) is 13.1 Å². The number of hydrogen-bond donors (Lipinski definition) is 2. The van der Waals surface area contributed by atoms with Crippen LogP contribution in [0, 0.1) is 6.92 Å². The molecule has 1 amide bonds. The third-order valence-corrected chi connectivity index (χ3v) is 10.00. The number of aromatic nitrogens is 3. The number of aryl methyl sites for hydroxylation is 1. The van der Waals surface area contributed by atoms with Gasteiger partial charge in [-0.3, -0.25) is 0 Å². The molecule has 0 saturated carbocycles. The van der Waals surface area contributed by atoms with Crippen molar-refractivity contribution in [1.29, 1.82) is 0 Å². The molecule has 2 aliphatic heterocycles. The van der Waals surface area contributed by atoms with Crippen molar-refractivity contribution in [3.63, 3.8) is 0 Å². The summed E-state index contributed by atoms with van der Waals surface area (Å²) in [5, 5.41) is 14.7. The van der Waals surface area contributed by atoms with Crippen molar-refractivity contribution in [1.82, 2.24) is 23.6 Å². The zero-order valence-electron chi connectivity index (χ0n) is 23.9. The molecule has 0 bridgehead atoms. The predicted molar refractivity (Wildman–Crippen MR) is 154 cm³/mol. The fourth-order valence-corrected chi connectivity index (χ4v) is 7.28. The van der Waals surface area contributed by atoms with E-state index < -0.39 is 64.9 Å².